The number of halogens is 1. The van der Waals surface area contributed by atoms with E-state index in [0.29, 0.717) is 5.02 Å². The van der Waals surface area contributed by atoms with Gasteiger partial charge in [0.1, 0.15) is 5.01 Å². The highest BCUT2D eigenvalue weighted by Gasteiger charge is 2.21. The van der Waals surface area contributed by atoms with Gasteiger partial charge in [-0.15, -0.1) is 11.3 Å². The van der Waals surface area contributed by atoms with Crippen molar-refractivity contribution >= 4 is 34.5 Å². The second kappa shape index (κ2) is 7.76. The third-order valence-corrected chi connectivity index (χ3v) is 4.95. The summed E-state index contributed by atoms with van der Waals surface area (Å²) in [5.74, 6) is -0.000918. The molecule has 3 aromatic rings. The highest BCUT2D eigenvalue weighted by atomic mass is 35.5. The topological polar surface area (TPSA) is 46.1 Å². The summed E-state index contributed by atoms with van der Waals surface area (Å²) in [7, 11) is 0. The predicted molar refractivity (Wildman–Crippen MR) is 103 cm³/mol. The van der Waals surface area contributed by atoms with Gasteiger partial charge < -0.3 is 4.90 Å². The first-order valence-electron chi connectivity index (χ1n) is 7.97. The Morgan fingerprint density at radius 3 is 2.72 bits per heavy atom. The number of carbonyl (C=O) groups is 1. The van der Waals surface area contributed by atoms with Crippen molar-refractivity contribution in [3.63, 3.8) is 0 Å². The Morgan fingerprint density at radius 1 is 1.24 bits per heavy atom. The molecule has 2 heterocycles. The van der Waals surface area contributed by atoms with Gasteiger partial charge in [0.2, 0.25) is 5.91 Å². The maximum Gasteiger partial charge on any atom is 0.233 e. The van der Waals surface area contributed by atoms with Crippen LogP contribution in [0.3, 0.4) is 0 Å². The highest BCUT2D eigenvalue weighted by molar-refractivity contribution is 7.13. The average Bonchev–Trinajstić information content (AvgIpc) is 3.04. The van der Waals surface area contributed by atoms with Crippen LogP contribution in [0.5, 0.6) is 0 Å². The summed E-state index contributed by atoms with van der Waals surface area (Å²) in [6.45, 7) is 3.97. The van der Waals surface area contributed by atoms with Gasteiger partial charge in [0.25, 0.3) is 0 Å². The van der Waals surface area contributed by atoms with Gasteiger partial charge >= 0.3 is 0 Å². The van der Waals surface area contributed by atoms with Crippen LogP contribution in [-0.4, -0.2) is 21.9 Å². The molecule has 4 nitrogen and oxygen atoms in total. The number of aromatic nitrogens is 2. The lowest BCUT2D eigenvalue weighted by Crippen LogP contribution is -2.38. The molecule has 0 fully saturated rings. The third-order valence-electron chi connectivity index (χ3n) is 3.70. The summed E-state index contributed by atoms with van der Waals surface area (Å²) in [4.78, 5) is 23.3. The molecule has 3 rings (SSSR count). The first-order valence-corrected chi connectivity index (χ1v) is 9.23. The first-order chi connectivity index (χ1) is 12.1. The van der Waals surface area contributed by atoms with E-state index in [9.17, 15) is 4.79 Å². The van der Waals surface area contributed by atoms with Gasteiger partial charge in [-0.2, -0.15) is 0 Å². The molecule has 0 spiro atoms. The van der Waals surface area contributed by atoms with E-state index in [4.69, 9.17) is 11.6 Å². The lowest BCUT2D eigenvalue weighted by atomic mass is 10.2. The van der Waals surface area contributed by atoms with E-state index < -0.39 is 0 Å². The quantitative estimate of drug-likeness (QED) is 0.644. The minimum absolute atomic E-state index is 0.000918. The van der Waals surface area contributed by atoms with Crippen molar-refractivity contribution < 1.29 is 4.79 Å². The molecule has 25 heavy (non-hydrogen) atoms. The number of pyridine rings is 1. The molecule has 0 atom stereocenters. The van der Waals surface area contributed by atoms with Gasteiger partial charge in [-0.1, -0.05) is 29.8 Å². The Labute approximate surface area is 156 Å². The van der Waals surface area contributed by atoms with Crippen molar-refractivity contribution in [2.45, 2.75) is 26.3 Å². The summed E-state index contributed by atoms with van der Waals surface area (Å²) in [6, 6.07) is 11.3. The number of hydrogen-bond donors (Lipinski definition) is 0. The molecule has 1 aromatic carbocycles. The second-order valence-electron chi connectivity index (χ2n) is 5.87. The summed E-state index contributed by atoms with van der Waals surface area (Å²) in [5.41, 5.74) is 2.43. The molecule has 128 valence electrons. The van der Waals surface area contributed by atoms with Crippen molar-refractivity contribution in [2.24, 2.45) is 0 Å². The number of rotatable bonds is 5. The van der Waals surface area contributed by atoms with Gasteiger partial charge in [-0.05, 0) is 32.0 Å². The zero-order valence-electron chi connectivity index (χ0n) is 14.0. The first kappa shape index (κ1) is 17.6. The Morgan fingerprint density at radius 2 is 2.04 bits per heavy atom. The predicted octanol–water partition coefficient (Wildman–Crippen LogP) is 4.84. The van der Waals surface area contributed by atoms with Gasteiger partial charge in [0.15, 0.2) is 0 Å². The van der Waals surface area contributed by atoms with E-state index in [2.05, 4.69) is 9.97 Å². The van der Waals surface area contributed by atoms with Crippen molar-refractivity contribution in [3.05, 3.63) is 64.9 Å². The number of anilines is 1. The summed E-state index contributed by atoms with van der Waals surface area (Å²) >= 11 is 7.73. The van der Waals surface area contributed by atoms with Crippen LogP contribution in [0.2, 0.25) is 5.02 Å². The molecule has 2 aromatic heterocycles. The van der Waals surface area contributed by atoms with E-state index in [-0.39, 0.29) is 18.4 Å². The second-order valence-corrected chi connectivity index (χ2v) is 7.13. The highest BCUT2D eigenvalue weighted by Crippen LogP contribution is 2.30. The van der Waals surface area contributed by atoms with E-state index >= 15 is 0 Å². The third kappa shape index (κ3) is 4.06. The molecule has 0 aliphatic rings. The molecule has 0 aliphatic carbocycles. The Hall–Kier alpha value is -2.24. The number of amides is 1. The van der Waals surface area contributed by atoms with Gasteiger partial charge in [0, 0.05) is 23.2 Å². The van der Waals surface area contributed by atoms with Crippen molar-refractivity contribution in [2.75, 3.05) is 4.90 Å². The van der Waals surface area contributed by atoms with E-state index in [0.717, 1.165) is 22.0 Å². The number of carbonyl (C=O) groups excluding carboxylic acids is 1. The number of thiazole rings is 1. The van der Waals surface area contributed by atoms with Crippen LogP contribution in [-0.2, 0) is 11.2 Å². The molecule has 1 amide bonds. The lowest BCUT2D eigenvalue weighted by molar-refractivity contribution is -0.118. The van der Waals surface area contributed by atoms with Gasteiger partial charge in [0.05, 0.1) is 29.0 Å². The molecule has 0 aliphatic heterocycles. The van der Waals surface area contributed by atoms with Crippen LogP contribution in [0, 0.1) is 0 Å². The zero-order valence-corrected chi connectivity index (χ0v) is 15.6. The molecule has 0 radical (unpaired) electrons. The number of nitrogens with zero attached hydrogens (tertiary/aromatic N) is 3. The van der Waals surface area contributed by atoms with E-state index in [1.54, 1.807) is 17.3 Å². The van der Waals surface area contributed by atoms with E-state index in [1.807, 2.05) is 55.6 Å². The standard InChI is InChI=1S/C19H18ClN3OS/c1-13(2)23(15-6-5-9-21-11-15)18(24)10-14-12-25-19(22-14)16-7-3-4-8-17(16)20/h3-9,11-13H,10H2,1-2H3. The Balaban J connectivity index is 1.80. The van der Waals surface area contributed by atoms with Crippen molar-refractivity contribution in [1.82, 2.24) is 9.97 Å². The molecule has 0 N–H and O–H groups in total. The molecule has 0 bridgehead atoms. The summed E-state index contributed by atoms with van der Waals surface area (Å²) in [6.07, 6.45) is 3.64. The smallest absolute Gasteiger partial charge is 0.233 e. The molecule has 0 saturated heterocycles. The van der Waals surface area contributed by atoms with Crippen LogP contribution >= 0.6 is 22.9 Å². The monoisotopic (exact) mass is 371 g/mol. The number of benzene rings is 1. The van der Waals surface area contributed by atoms with Crippen LogP contribution < -0.4 is 4.90 Å². The van der Waals surface area contributed by atoms with Crippen molar-refractivity contribution in [3.8, 4) is 10.6 Å². The largest absolute Gasteiger partial charge is 0.308 e. The van der Waals surface area contributed by atoms with Crippen LogP contribution in [0.25, 0.3) is 10.6 Å². The Bertz CT molecular complexity index is 864. The van der Waals surface area contributed by atoms with Crippen LogP contribution in [0.15, 0.2) is 54.2 Å². The van der Waals surface area contributed by atoms with Crippen LogP contribution in [0.4, 0.5) is 5.69 Å². The minimum atomic E-state index is -0.000918. The summed E-state index contributed by atoms with van der Waals surface area (Å²) < 4.78 is 0. The molecular weight excluding hydrogens is 354 g/mol. The zero-order chi connectivity index (χ0) is 17.8. The van der Waals surface area contributed by atoms with Gasteiger partial charge in [-0.25, -0.2) is 4.98 Å². The maximum atomic E-state index is 12.8. The fourth-order valence-electron chi connectivity index (χ4n) is 2.61. The maximum absolute atomic E-state index is 12.8. The minimum Gasteiger partial charge on any atom is -0.308 e. The fourth-order valence-corrected chi connectivity index (χ4v) is 3.75. The van der Waals surface area contributed by atoms with E-state index in [1.165, 1.54) is 11.3 Å². The molecule has 0 unspecified atom stereocenters. The Kier molecular flexibility index (Phi) is 5.46. The van der Waals surface area contributed by atoms with Crippen molar-refractivity contribution in [1.29, 1.82) is 0 Å². The molecule has 6 heteroatoms. The number of hydrogen-bond acceptors (Lipinski definition) is 4. The normalized spacial score (nSPS) is 10.9. The lowest BCUT2D eigenvalue weighted by Gasteiger charge is -2.26. The fraction of sp³-hybridized carbons (Fsp3) is 0.211. The summed E-state index contributed by atoms with van der Waals surface area (Å²) in [5, 5.41) is 3.40. The SMILES string of the molecule is CC(C)N(C(=O)Cc1csc(-c2ccccc2Cl)n1)c1cccnc1. The average molecular weight is 372 g/mol. The molecular formula is C19H18ClN3OS. The van der Waals surface area contributed by atoms with Gasteiger partial charge in [-0.3, -0.25) is 9.78 Å². The van der Waals surface area contributed by atoms with Crippen LogP contribution in [0.1, 0.15) is 19.5 Å². The molecule has 0 saturated carbocycles.